The molecule has 0 saturated carbocycles. The van der Waals surface area contributed by atoms with Crippen LogP contribution in [0.25, 0.3) is 33.0 Å². The summed E-state index contributed by atoms with van der Waals surface area (Å²) >= 11 is 1.53. The molecule has 2 aliphatic heterocycles. The molecular weight excluding hydrogens is 484 g/mol. The first-order valence-electron chi connectivity index (χ1n) is 12.3. The summed E-state index contributed by atoms with van der Waals surface area (Å²) in [5.41, 5.74) is 10.3. The minimum Gasteiger partial charge on any atom is -0.379 e. The zero-order valence-corrected chi connectivity index (χ0v) is 21.6. The molecule has 2 aromatic carbocycles. The van der Waals surface area contributed by atoms with Crippen LogP contribution in [-0.2, 0) is 16.1 Å². The van der Waals surface area contributed by atoms with Crippen LogP contribution < -0.4 is 11.1 Å². The number of nitrogens with zero attached hydrogens (tertiary/aromatic N) is 4. The van der Waals surface area contributed by atoms with E-state index < -0.39 is 0 Å². The lowest BCUT2D eigenvalue weighted by molar-refractivity contribution is -0.122. The van der Waals surface area contributed by atoms with E-state index in [-0.39, 0.29) is 18.0 Å². The van der Waals surface area contributed by atoms with Gasteiger partial charge in [0.15, 0.2) is 5.17 Å². The Hall–Kier alpha value is -3.82. The fourth-order valence-corrected chi connectivity index (χ4v) is 5.85. The van der Waals surface area contributed by atoms with Crippen LogP contribution in [0.4, 0.5) is 0 Å². The topological polar surface area (TPSA) is 97.4 Å². The molecule has 4 heterocycles. The van der Waals surface area contributed by atoms with Crippen LogP contribution in [0.15, 0.2) is 65.9 Å². The Balaban J connectivity index is 1.48. The number of nitrogens with two attached hydrogens (primary N) is 1. The van der Waals surface area contributed by atoms with Crippen molar-refractivity contribution in [1.82, 2.24) is 19.4 Å². The number of carbonyl (C=O) groups is 2. The van der Waals surface area contributed by atoms with Gasteiger partial charge in [0.1, 0.15) is 0 Å². The molecule has 1 saturated heterocycles. The van der Waals surface area contributed by atoms with E-state index in [2.05, 4.69) is 43.5 Å². The number of hydrogen-bond donors (Lipinski definition) is 2. The molecule has 2 amide bonds. The number of carbonyl (C=O) groups excluding carboxylic acids is 2. The first-order valence-corrected chi connectivity index (χ1v) is 13.3. The van der Waals surface area contributed by atoms with Crippen molar-refractivity contribution in [3.8, 4) is 0 Å². The van der Waals surface area contributed by atoms with Crippen LogP contribution >= 0.6 is 11.8 Å². The van der Waals surface area contributed by atoms with Crippen LogP contribution in [0, 0.1) is 0 Å². The average Bonchev–Trinajstić information content (AvgIpc) is 3.22. The van der Waals surface area contributed by atoms with Gasteiger partial charge in [0.2, 0.25) is 0 Å². The number of amides is 2. The van der Waals surface area contributed by atoms with E-state index in [0.717, 1.165) is 58.2 Å². The minimum atomic E-state index is -0.356. The molecule has 8 nitrogen and oxygen atoms in total. The van der Waals surface area contributed by atoms with Crippen LogP contribution in [0.5, 0.6) is 0 Å². The van der Waals surface area contributed by atoms with E-state index in [1.807, 2.05) is 48.8 Å². The number of amidine groups is 1. The molecule has 0 aliphatic carbocycles. The SMILES string of the molecule is CN=C(N)SCCCn1cc(C2=C(c3cn(C4CN4C)c4ccccc34)C(=O)NC2=O)c2ccccc21. The lowest BCUT2D eigenvalue weighted by atomic mass is 9.95. The molecule has 37 heavy (non-hydrogen) atoms. The standard InChI is InChI=1S/C28H28N6O2S/c1-30-28(29)37-13-7-12-33-14-19(17-8-3-5-10-21(17)33)24-25(27(36)31-26(24)35)20-15-34(23-16-32(23)2)22-11-6-4-9-18(20)22/h3-6,8-11,14-15,23H,7,12-13,16H2,1-2H3,(H2,29,30)(H,31,35,36). The van der Waals surface area contributed by atoms with Crippen molar-refractivity contribution in [2.45, 2.75) is 19.1 Å². The number of aryl methyl sites for hydroxylation is 1. The van der Waals surface area contributed by atoms with Gasteiger partial charge < -0.3 is 14.9 Å². The van der Waals surface area contributed by atoms with Crippen molar-refractivity contribution < 1.29 is 9.59 Å². The number of fused-ring (bicyclic) bond motifs is 2. The highest BCUT2D eigenvalue weighted by atomic mass is 32.2. The van der Waals surface area contributed by atoms with Gasteiger partial charge >= 0.3 is 0 Å². The Morgan fingerprint density at radius 3 is 2.24 bits per heavy atom. The number of para-hydroxylation sites is 2. The lowest BCUT2D eigenvalue weighted by Gasteiger charge is -2.05. The summed E-state index contributed by atoms with van der Waals surface area (Å²) in [5, 5.41) is 5.07. The van der Waals surface area contributed by atoms with E-state index in [1.54, 1.807) is 7.05 Å². The number of likely N-dealkylation sites (N-methyl/N-ethyl adjacent to an activating group) is 1. The van der Waals surface area contributed by atoms with Crippen LogP contribution in [0.1, 0.15) is 23.7 Å². The van der Waals surface area contributed by atoms with Gasteiger partial charge in [-0.1, -0.05) is 48.2 Å². The van der Waals surface area contributed by atoms with Gasteiger partial charge in [0, 0.05) is 65.7 Å². The van der Waals surface area contributed by atoms with E-state index in [4.69, 9.17) is 5.73 Å². The van der Waals surface area contributed by atoms with Crippen molar-refractivity contribution in [3.05, 3.63) is 72.1 Å². The number of aromatic nitrogens is 2. The molecule has 2 unspecified atom stereocenters. The number of rotatable bonds is 7. The maximum absolute atomic E-state index is 13.3. The van der Waals surface area contributed by atoms with Crippen molar-refractivity contribution in [3.63, 3.8) is 0 Å². The third kappa shape index (κ3) is 4.04. The fourth-order valence-electron chi connectivity index (χ4n) is 5.24. The number of hydrogen-bond acceptors (Lipinski definition) is 5. The fraction of sp³-hybridized carbons (Fsp3) is 0.250. The molecule has 0 radical (unpaired) electrons. The molecular formula is C28H28N6O2S. The Morgan fingerprint density at radius 2 is 1.59 bits per heavy atom. The van der Waals surface area contributed by atoms with Crippen molar-refractivity contribution in [1.29, 1.82) is 0 Å². The molecule has 3 N–H and O–H groups in total. The molecule has 0 bridgehead atoms. The largest absolute Gasteiger partial charge is 0.379 e. The van der Waals surface area contributed by atoms with Crippen LogP contribution in [0.3, 0.4) is 0 Å². The first-order chi connectivity index (χ1) is 18.0. The molecule has 9 heteroatoms. The highest BCUT2D eigenvalue weighted by molar-refractivity contribution is 8.13. The molecule has 1 fully saturated rings. The summed E-state index contributed by atoms with van der Waals surface area (Å²) in [6.45, 7) is 1.71. The number of nitrogens with one attached hydrogen (secondary N) is 1. The predicted molar refractivity (Wildman–Crippen MR) is 150 cm³/mol. The van der Waals surface area contributed by atoms with Crippen molar-refractivity contribution in [2.75, 3.05) is 26.4 Å². The van der Waals surface area contributed by atoms with Crippen LogP contribution in [0.2, 0.25) is 0 Å². The quantitative estimate of drug-likeness (QED) is 0.129. The maximum atomic E-state index is 13.3. The Morgan fingerprint density at radius 1 is 1.00 bits per heavy atom. The molecule has 2 aromatic heterocycles. The summed E-state index contributed by atoms with van der Waals surface area (Å²) in [6.07, 6.45) is 5.18. The second kappa shape index (κ2) is 9.24. The molecule has 6 rings (SSSR count). The number of imide groups is 1. The number of aliphatic imine (C=N–C) groups is 1. The molecule has 0 spiro atoms. The third-order valence-corrected chi connectivity index (χ3v) is 8.13. The van der Waals surface area contributed by atoms with Gasteiger partial charge in [0.25, 0.3) is 11.8 Å². The minimum absolute atomic E-state index is 0.259. The molecule has 4 aromatic rings. The van der Waals surface area contributed by atoms with E-state index in [9.17, 15) is 9.59 Å². The average molecular weight is 513 g/mol. The van der Waals surface area contributed by atoms with Crippen LogP contribution in [-0.4, -0.2) is 57.4 Å². The summed E-state index contributed by atoms with van der Waals surface area (Å²) in [5.74, 6) is 0.132. The molecule has 2 aliphatic rings. The monoisotopic (exact) mass is 512 g/mol. The van der Waals surface area contributed by atoms with Gasteiger partial charge in [0.05, 0.1) is 22.8 Å². The zero-order chi connectivity index (χ0) is 25.7. The molecule has 188 valence electrons. The Labute approximate surface area is 218 Å². The highest BCUT2D eigenvalue weighted by Gasteiger charge is 2.38. The second-order valence-corrected chi connectivity index (χ2v) is 10.6. The van der Waals surface area contributed by atoms with E-state index >= 15 is 0 Å². The number of benzene rings is 2. The number of thioether (sulfide) groups is 1. The second-order valence-electron chi connectivity index (χ2n) is 9.44. The Kier molecular flexibility index (Phi) is 5.89. The summed E-state index contributed by atoms with van der Waals surface area (Å²) in [6, 6.07) is 16.1. The summed E-state index contributed by atoms with van der Waals surface area (Å²) in [7, 11) is 3.76. The molecule has 2 atom stereocenters. The zero-order valence-electron chi connectivity index (χ0n) is 20.8. The van der Waals surface area contributed by atoms with Gasteiger partial charge in [-0.3, -0.25) is 24.8 Å². The summed E-state index contributed by atoms with van der Waals surface area (Å²) in [4.78, 5) is 32.8. The normalized spacial score (nSPS) is 19.9. The highest BCUT2D eigenvalue weighted by Crippen LogP contribution is 2.41. The van der Waals surface area contributed by atoms with E-state index in [0.29, 0.717) is 16.3 Å². The van der Waals surface area contributed by atoms with Gasteiger partial charge in [-0.15, -0.1) is 0 Å². The smallest absolute Gasteiger partial charge is 0.259 e. The van der Waals surface area contributed by atoms with E-state index in [1.165, 1.54) is 11.8 Å². The third-order valence-electron chi connectivity index (χ3n) is 7.16. The van der Waals surface area contributed by atoms with Crippen molar-refractivity contribution in [2.24, 2.45) is 10.7 Å². The van der Waals surface area contributed by atoms with Gasteiger partial charge in [-0.25, -0.2) is 0 Å². The summed E-state index contributed by atoms with van der Waals surface area (Å²) < 4.78 is 4.37. The lowest BCUT2D eigenvalue weighted by Crippen LogP contribution is -2.22. The Bertz CT molecular complexity index is 1630. The first kappa shape index (κ1) is 23.6. The van der Waals surface area contributed by atoms with Gasteiger partial charge in [-0.05, 0) is 25.6 Å². The van der Waals surface area contributed by atoms with Crippen molar-refractivity contribution >= 4 is 61.7 Å². The van der Waals surface area contributed by atoms with Gasteiger partial charge in [-0.2, -0.15) is 0 Å². The maximum Gasteiger partial charge on any atom is 0.259 e. The predicted octanol–water partition coefficient (Wildman–Crippen LogP) is 3.68.